The fourth-order valence-electron chi connectivity index (χ4n) is 2.00. The van der Waals surface area contributed by atoms with Gasteiger partial charge in [0.1, 0.15) is 0 Å². The molecule has 0 aromatic rings. The van der Waals surface area contributed by atoms with Gasteiger partial charge in [0, 0.05) is 6.04 Å². The normalized spacial score (nSPS) is 24.9. The smallest absolute Gasteiger partial charge is 0.211 e. The predicted octanol–water partition coefficient (Wildman–Crippen LogP) is 1.75. The minimum Gasteiger partial charge on any atom is -0.212 e. The standard InChI is InChI=1S/C10H21NO2S/c1-6-7-14(12,13)11-8-9(2,3)10(8,4)5/h8,11H,6-7H2,1-5H3. The number of sulfonamides is 1. The molecule has 0 spiro atoms. The number of hydrogen-bond donors (Lipinski definition) is 1. The van der Waals surface area contributed by atoms with Crippen LogP contribution < -0.4 is 4.72 Å². The van der Waals surface area contributed by atoms with Gasteiger partial charge in [0.15, 0.2) is 0 Å². The lowest BCUT2D eigenvalue weighted by molar-refractivity contribution is 0.457. The van der Waals surface area contributed by atoms with Gasteiger partial charge < -0.3 is 0 Å². The molecule has 3 nitrogen and oxygen atoms in total. The Morgan fingerprint density at radius 1 is 1.14 bits per heavy atom. The predicted molar refractivity (Wildman–Crippen MR) is 58.6 cm³/mol. The minimum absolute atomic E-state index is 0.0772. The van der Waals surface area contributed by atoms with Crippen molar-refractivity contribution in [2.45, 2.75) is 47.1 Å². The third kappa shape index (κ3) is 1.82. The molecule has 0 saturated heterocycles. The van der Waals surface area contributed by atoms with Crippen LogP contribution in [0.25, 0.3) is 0 Å². The van der Waals surface area contributed by atoms with Gasteiger partial charge in [0.2, 0.25) is 10.0 Å². The molecule has 1 saturated carbocycles. The van der Waals surface area contributed by atoms with Crippen LogP contribution >= 0.6 is 0 Å². The molecule has 0 aromatic heterocycles. The van der Waals surface area contributed by atoms with E-state index < -0.39 is 10.0 Å². The summed E-state index contributed by atoms with van der Waals surface area (Å²) in [5, 5.41) is 0. The topological polar surface area (TPSA) is 46.2 Å². The highest BCUT2D eigenvalue weighted by Crippen LogP contribution is 2.62. The molecule has 0 amide bonds. The Morgan fingerprint density at radius 3 is 1.86 bits per heavy atom. The van der Waals surface area contributed by atoms with Crippen LogP contribution in [0.4, 0.5) is 0 Å². The quantitative estimate of drug-likeness (QED) is 0.783. The van der Waals surface area contributed by atoms with Gasteiger partial charge in [0.05, 0.1) is 5.75 Å². The molecule has 84 valence electrons. The molecule has 1 N–H and O–H groups in total. The fourth-order valence-corrected chi connectivity index (χ4v) is 3.60. The Balaban J connectivity index is 2.66. The molecule has 14 heavy (non-hydrogen) atoms. The zero-order valence-electron chi connectivity index (χ0n) is 9.72. The lowest BCUT2D eigenvalue weighted by atomic mass is 10.0. The average molecular weight is 219 g/mol. The summed E-state index contributed by atoms with van der Waals surface area (Å²) in [6, 6.07) is 0.0894. The van der Waals surface area contributed by atoms with Gasteiger partial charge in [-0.25, -0.2) is 13.1 Å². The number of rotatable bonds is 4. The van der Waals surface area contributed by atoms with Crippen molar-refractivity contribution in [2.24, 2.45) is 10.8 Å². The molecular formula is C10H21NO2S. The summed E-state index contributed by atoms with van der Waals surface area (Å²) in [7, 11) is -3.06. The zero-order chi connectivity index (χ0) is 11.2. The molecule has 1 aliphatic carbocycles. The maximum Gasteiger partial charge on any atom is 0.211 e. The Morgan fingerprint density at radius 2 is 1.57 bits per heavy atom. The van der Waals surface area contributed by atoms with Gasteiger partial charge in [-0.05, 0) is 17.3 Å². The van der Waals surface area contributed by atoms with Crippen LogP contribution in [-0.2, 0) is 10.0 Å². The van der Waals surface area contributed by atoms with Gasteiger partial charge >= 0.3 is 0 Å². The zero-order valence-corrected chi connectivity index (χ0v) is 10.5. The van der Waals surface area contributed by atoms with E-state index in [1.807, 2.05) is 6.92 Å². The van der Waals surface area contributed by atoms with E-state index in [0.717, 1.165) is 0 Å². The summed E-state index contributed by atoms with van der Waals surface area (Å²) in [5.74, 6) is 0.232. The van der Waals surface area contributed by atoms with Gasteiger partial charge in [-0.1, -0.05) is 34.6 Å². The van der Waals surface area contributed by atoms with Crippen LogP contribution in [-0.4, -0.2) is 20.2 Å². The van der Waals surface area contributed by atoms with Crippen molar-refractivity contribution >= 4 is 10.0 Å². The van der Waals surface area contributed by atoms with E-state index in [1.165, 1.54) is 0 Å². The molecule has 0 radical (unpaired) electrons. The van der Waals surface area contributed by atoms with E-state index in [2.05, 4.69) is 32.4 Å². The first-order valence-electron chi connectivity index (χ1n) is 5.15. The second kappa shape index (κ2) is 3.20. The van der Waals surface area contributed by atoms with Crippen LogP contribution in [0.3, 0.4) is 0 Å². The second-order valence-electron chi connectivity index (χ2n) is 5.31. The van der Waals surface area contributed by atoms with Crippen LogP contribution in [0.2, 0.25) is 0 Å². The van der Waals surface area contributed by atoms with Crippen molar-refractivity contribution in [1.82, 2.24) is 4.72 Å². The van der Waals surface area contributed by atoms with Crippen molar-refractivity contribution in [1.29, 1.82) is 0 Å². The van der Waals surface area contributed by atoms with Gasteiger partial charge in [-0.2, -0.15) is 0 Å². The summed E-state index contributed by atoms with van der Waals surface area (Å²) in [6.07, 6.45) is 0.670. The maximum atomic E-state index is 11.5. The number of nitrogens with one attached hydrogen (secondary N) is 1. The highest BCUT2D eigenvalue weighted by molar-refractivity contribution is 7.89. The van der Waals surface area contributed by atoms with Gasteiger partial charge in [0.25, 0.3) is 0 Å². The van der Waals surface area contributed by atoms with Crippen LogP contribution in [0.5, 0.6) is 0 Å². The van der Waals surface area contributed by atoms with E-state index >= 15 is 0 Å². The average Bonchev–Trinajstić information content (AvgIpc) is 2.32. The maximum absolute atomic E-state index is 11.5. The Labute approximate surface area is 87.3 Å². The van der Waals surface area contributed by atoms with E-state index in [1.54, 1.807) is 0 Å². The van der Waals surface area contributed by atoms with Crippen molar-refractivity contribution in [3.63, 3.8) is 0 Å². The second-order valence-corrected chi connectivity index (χ2v) is 7.19. The van der Waals surface area contributed by atoms with Crippen molar-refractivity contribution in [3.8, 4) is 0 Å². The minimum atomic E-state index is -3.06. The first kappa shape index (κ1) is 12.0. The molecule has 0 heterocycles. The highest BCUT2D eigenvalue weighted by atomic mass is 32.2. The molecule has 1 aliphatic rings. The fraction of sp³-hybridized carbons (Fsp3) is 1.00. The lowest BCUT2D eigenvalue weighted by Crippen LogP contribution is -2.31. The molecule has 4 heteroatoms. The molecule has 1 fully saturated rings. The molecule has 1 rings (SSSR count). The first-order chi connectivity index (χ1) is 6.15. The largest absolute Gasteiger partial charge is 0.212 e. The Bertz CT molecular complexity index is 303. The summed E-state index contributed by atoms with van der Waals surface area (Å²) >= 11 is 0. The molecule has 0 aliphatic heterocycles. The van der Waals surface area contributed by atoms with E-state index in [9.17, 15) is 8.42 Å². The van der Waals surface area contributed by atoms with Gasteiger partial charge in [-0.3, -0.25) is 0 Å². The van der Waals surface area contributed by atoms with E-state index in [4.69, 9.17) is 0 Å². The van der Waals surface area contributed by atoms with Gasteiger partial charge in [-0.15, -0.1) is 0 Å². The highest BCUT2D eigenvalue weighted by Gasteiger charge is 2.65. The molecule has 0 unspecified atom stereocenters. The van der Waals surface area contributed by atoms with Crippen LogP contribution in [0, 0.1) is 10.8 Å². The molecule has 0 atom stereocenters. The first-order valence-corrected chi connectivity index (χ1v) is 6.80. The number of hydrogen-bond acceptors (Lipinski definition) is 2. The summed E-state index contributed by atoms with van der Waals surface area (Å²) in [4.78, 5) is 0. The third-order valence-corrected chi connectivity index (χ3v) is 5.33. The Hall–Kier alpha value is -0.0900. The van der Waals surface area contributed by atoms with Crippen molar-refractivity contribution in [2.75, 3.05) is 5.75 Å². The third-order valence-electron chi connectivity index (χ3n) is 3.79. The lowest BCUT2D eigenvalue weighted by Gasteiger charge is -2.06. The molecular weight excluding hydrogens is 198 g/mol. The van der Waals surface area contributed by atoms with Crippen LogP contribution in [0.15, 0.2) is 0 Å². The molecule has 0 bridgehead atoms. The van der Waals surface area contributed by atoms with E-state index in [-0.39, 0.29) is 22.6 Å². The molecule has 0 aromatic carbocycles. The van der Waals surface area contributed by atoms with Crippen molar-refractivity contribution < 1.29 is 8.42 Å². The SMILES string of the molecule is CCCS(=O)(=O)NC1C(C)(C)C1(C)C. The summed E-state index contributed by atoms with van der Waals surface area (Å²) in [6.45, 7) is 10.3. The van der Waals surface area contributed by atoms with Crippen molar-refractivity contribution in [3.05, 3.63) is 0 Å². The Kier molecular flexibility index (Phi) is 2.74. The monoisotopic (exact) mass is 219 g/mol. The summed E-state index contributed by atoms with van der Waals surface area (Å²) < 4.78 is 25.9. The van der Waals surface area contributed by atoms with E-state index in [0.29, 0.717) is 6.42 Å². The van der Waals surface area contributed by atoms with Crippen LogP contribution in [0.1, 0.15) is 41.0 Å². The summed E-state index contributed by atoms with van der Waals surface area (Å²) in [5.41, 5.74) is 0.154.